The first-order valence-corrected chi connectivity index (χ1v) is 6.86. The molecule has 3 nitrogen and oxygen atoms in total. The molecule has 1 aromatic heterocycles. The Kier molecular flexibility index (Phi) is 4.34. The van der Waals surface area contributed by atoms with Crippen LogP contribution in [0, 0.1) is 5.82 Å². The van der Waals surface area contributed by atoms with Crippen molar-refractivity contribution in [1.29, 1.82) is 0 Å². The lowest BCUT2D eigenvalue weighted by atomic mass is 10.0. The summed E-state index contributed by atoms with van der Waals surface area (Å²) in [7, 11) is 1.44. The van der Waals surface area contributed by atoms with Crippen LogP contribution in [0.4, 0.5) is 4.39 Å². The molecule has 18 heavy (non-hydrogen) atoms. The molecule has 0 bridgehead atoms. The van der Waals surface area contributed by atoms with Crippen LogP contribution in [0.15, 0.2) is 33.4 Å². The Bertz CT molecular complexity index is 547. The summed E-state index contributed by atoms with van der Waals surface area (Å²) in [5.74, 6) is 5.38. The second-order valence-electron chi connectivity index (χ2n) is 3.68. The Morgan fingerprint density at radius 3 is 2.67 bits per heavy atom. The van der Waals surface area contributed by atoms with Gasteiger partial charge in [-0.15, -0.1) is 11.3 Å². The molecule has 0 spiro atoms. The van der Waals surface area contributed by atoms with E-state index in [0.717, 1.165) is 14.9 Å². The number of rotatable bonds is 4. The zero-order valence-corrected chi connectivity index (χ0v) is 12.0. The lowest BCUT2D eigenvalue weighted by Gasteiger charge is -2.15. The Labute approximate surface area is 117 Å². The number of hydrazine groups is 1. The summed E-state index contributed by atoms with van der Waals surface area (Å²) in [4.78, 5) is 0. The van der Waals surface area contributed by atoms with E-state index < -0.39 is 5.82 Å². The van der Waals surface area contributed by atoms with Crippen molar-refractivity contribution in [2.24, 2.45) is 5.84 Å². The first-order chi connectivity index (χ1) is 8.65. The Balaban J connectivity index is 2.36. The van der Waals surface area contributed by atoms with Crippen LogP contribution in [-0.4, -0.2) is 7.11 Å². The molecule has 2 rings (SSSR count). The van der Waals surface area contributed by atoms with Crippen molar-refractivity contribution >= 4 is 27.3 Å². The van der Waals surface area contributed by atoms with E-state index >= 15 is 0 Å². The summed E-state index contributed by atoms with van der Waals surface area (Å²) >= 11 is 4.95. The van der Waals surface area contributed by atoms with Crippen LogP contribution in [0.3, 0.4) is 0 Å². The fourth-order valence-electron chi connectivity index (χ4n) is 1.72. The Morgan fingerprint density at radius 2 is 2.17 bits per heavy atom. The number of ether oxygens (including phenoxy) is 1. The van der Waals surface area contributed by atoms with Crippen molar-refractivity contribution in [3.63, 3.8) is 0 Å². The third-order valence-electron chi connectivity index (χ3n) is 2.60. The second kappa shape index (κ2) is 5.79. The lowest BCUT2D eigenvalue weighted by molar-refractivity contribution is 0.385. The van der Waals surface area contributed by atoms with E-state index in [4.69, 9.17) is 10.6 Å². The molecule has 0 aliphatic carbocycles. The molecule has 1 aromatic carbocycles. The third kappa shape index (κ3) is 2.72. The molecule has 0 amide bonds. The van der Waals surface area contributed by atoms with E-state index in [1.165, 1.54) is 13.2 Å². The van der Waals surface area contributed by atoms with Crippen LogP contribution < -0.4 is 16.0 Å². The molecule has 0 aliphatic rings. The molecule has 3 N–H and O–H groups in total. The van der Waals surface area contributed by atoms with Crippen molar-refractivity contribution in [1.82, 2.24) is 5.43 Å². The van der Waals surface area contributed by atoms with Gasteiger partial charge in [-0.3, -0.25) is 5.84 Å². The van der Waals surface area contributed by atoms with E-state index in [-0.39, 0.29) is 11.8 Å². The summed E-state index contributed by atoms with van der Waals surface area (Å²) in [5.41, 5.74) is 4.43. The predicted molar refractivity (Wildman–Crippen MR) is 74.1 cm³/mol. The molecule has 1 atom stereocenters. The maximum atomic E-state index is 13.7. The number of nitrogens with one attached hydrogen (secondary N) is 1. The van der Waals surface area contributed by atoms with Crippen LogP contribution in [0.2, 0.25) is 0 Å². The SMILES string of the molecule is COc1ccc(C(NN)c2csc(Br)c2)cc1F. The third-order valence-corrected chi connectivity index (χ3v) is 4.12. The number of thiophene rings is 1. The van der Waals surface area contributed by atoms with Gasteiger partial charge >= 0.3 is 0 Å². The summed E-state index contributed by atoms with van der Waals surface area (Å²) < 4.78 is 19.6. The molecule has 1 unspecified atom stereocenters. The van der Waals surface area contributed by atoms with Crippen LogP contribution >= 0.6 is 27.3 Å². The average molecular weight is 331 g/mol. The quantitative estimate of drug-likeness (QED) is 0.668. The van der Waals surface area contributed by atoms with E-state index in [0.29, 0.717) is 0 Å². The van der Waals surface area contributed by atoms with Gasteiger partial charge in [0.2, 0.25) is 0 Å². The van der Waals surface area contributed by atoms with Gasteiger partial charge in [-0.05, 0) is 50.6 Å². The number of nitrogens with two attached hydrogens (primary N) is 1. The first kappa shape index (κ1) is 13.5. The van der Waals surface area contributed by atoms with Gasteiger partial charge in [-0.25, -0.2) is 9.82 Å². The molecule has 0 radical (unpaired) electrons. The molecular weight excluding hydrogens is 319 g/mol. The summed E-state index contributed by atoms with van der Waals surface area (Å²) in [6.07, 6.45) is 0. The zero-order chi connectivity index (χ0) is 13.1. The number of methoxy groups -OCH3 is 1. The van der Waals surface area contributed by atoms with Gasteiger partial charge in [0.15, 0.2) is 11.6 Å². The second-order valence-corrected chi connectivity index (χ2v) is 5.97. The Morgan fingerprint density at radius 1 is 1.39 bits per heavy atom. The standard InChI is InChI=1S/C12H12BrFN2OS/c1-17-10-3-2-7(4-9(10)14)12(16-15)8-5-11(13)18-6-8/h2-6,12,16H,15H2,1H3. The molecule has 0 saturated heterocycles. The van der Waals surface area contributed by atoms with Gasteiger partial charge in [-0.2, -0.15) is 0 Å². The van der Waals surface area contributed by atoms with Crippen molar-refractivity contribution < 1.29 is 9.13 Å². The monoisotopic (exact) mass is 330 g/mol. The van der Waals surface area contributed by atoms with Gasteiger partial charge in [0.25, 0.3) is 0 Å². The molecular formula is C12H12BrFN2OS. The minimum absolute atomic E-state index is 0.223. The van der Waals surface area contributed by atoms with Crippen molar-refractivity contribution in [2.45, 2.75) is 6.04 Å². The lowest BCUT2D eigenvalue weighted by Crippen LogP contribution is -2.28. The normalized spacial score (nSPS) is 12.4. The van der Waals surface area contributed by atoms with Crippen LogP contribution in [-0.2, 0) is 0 Å². The fraction of sp³-hybridized carbons (Fsp3) is 0.167. The highest BCUT2D eigenvalue weighted by Gasteiger charge is 2.16. The molecule has 0 saturated carbocycles. The summed E-state index contributed by atoms with van der Waals surface area (Å²) in [5, 5.41) is 1.97. The van der Waals surface area contributed by atoms with E-state index in [1.54, 1.807) is 23.5 Å². The van der Waals surface area contributed by atoms with Gasteiger partial charge in [0, 0.05) is 0 Å². The average Bonchev–Trinajstić information content (AvgIpc) is 2.77. The molecule has 96 valence electrons. The maximum Gasteiger partial charge on any atom is 0.165 e. The van der Waals surface area contributed by atoms with E-state index in [9.17, 15) is 4.39 Å². The van der Waals surface area contributed by atoms with E-state index in [1.807, 2.05) is 11.4 Å². The molecule has 2 aromatic rings. The summed E-state index contributed by atoms with van der Waals surface area (Å²) in [6, 6.07) is 6.52. The van der Waals surface area contributed by atoms with Gasteiger partial charge in [0.1, 0.15) is 0 Å². The highest BCUT2D eigenvalue weighted by atomic mass is 79.9. The van der Waals surface area contributed by atoms with Gasteiger partial charge < -0.3 is 4.74 Å². The van der Waals surface area contributed by atoms with Crippen LogP contribution in [0.1, 0.15) is 17.2 Å². The topological polar surface area (TPSA) is 47.3 Å². The largest absolute Gasteiger partial charge is 0.494 e. The van der Waals surface area contributed by atoms with Gasteiger partial charge in [-0.1, -0.05) is 6.07 Å². The zero-order valence-electron chi connectivity index (χ0n) is 9.61. The van der Waals surface area contributed by atoms with E-state index in [2.05, 4.69) is 21.4 Å². The smallest absolute Gasteiger partial charge is 0.165 e. The van der Waals surface area contributed by atoms with Crippen molar-refractivity contribution in [3.05, 3.63) is 50.4 Å². The van der Waals surface area contributed by atoms with Crippen LogP contribution in [0.5, 0.6) is 5.75 Å². The highest BCUT2D eigenvalue weighted by Crippen LogP contribution is 2.30. The summed E-state index contributed by atoms with van der Waals surface area (Å²) in [6.45, 7) is 0. The molecule has 1 heterocycles. The fourth-order valence-corrected chi connectivity index (χ4v) is 2.92. The molecule has 0 aliphatic heterocycles. The minimum Gasteiger partial charge on any atom is -0.494 e. The Hall–Kier alpha value is -0.950. The van der Waals surface area contributed by atoms with Crippen molar-refractivity contribution in [2.75, 3.05) is 7.11 Å². The number of benzene rings is 1. The van der Waals surface area contributed by atoms with Gasteiger partial charge in [0.05, 0.1) is 16.9 Å². The minimum atomic E-state index is -0.399. The number of hydrogen-bond donors (Lipinski definition) is 2. The highest BCUT2D eigenvalue weighted by molar-refractivity contribution is 9.11. The first-order valence-electron chi connectivity index (χ1n) is 5.19. The van der Waals surface area contributed by atoms with Crippen molar-refractivity contribution in [3.8, 4) is 5.75 Å². The predicted octanol–water partition coefficient (Wildman–Crippen LogP) is 3.21. The number of hydrogen-bond acceptors (Lipinski definition) is 4. The maximum absolute atomic E-state index is 13.7. The molecule has 0 fully saturated rings. The van der Waals surface area contributed by atoms with Crippen LogP contribution in [0.25, 0.3) is 0 Å². The number of halogens is 2. The molecule has 6 heteroatoms.